The quantitative estimate of drug-likeness (QED) is 0.859. The normalized spacial score (nSPS) is 16.1. The fraction of sp³-hybridized carbons (Fsp3) is 0.462. The highest BCUT2D eigenvalue weighted by atomic mass is 32.1. The number of amides is 1. The van der Waals surface area contributed by atoms with E-state index in [0.717, 1.165) is 18.0 Å². The van der Waals surface area contributed by atoms with E-state index in [0.29, 0.717) is 31.3 Å². The van der Waals surface area contributed by atoms with Crippen molar-refractivity contribution in [2.75, 3.05) is 33.3 Å². The maximum atomic E-state index is 11.4. The molecule has 1 saturated heterocycles. The maximum absolute atomic E-state index is 11.4. The van der Waals surface area contributed by atoms with Crippen LogP contribution in [0.5, 0.6) is 0 Å². The molecule has 0 atom stereocenters. The first kappa shape index (κ1) is 14.0. The smallest absolute Gasteiger partial charge is 0.409 e. The van der Waals surface area contributed by atoms with Crippen LogP contribution in [-0.4, -0.2) is 59.3 Å². The molecular weight excluding hydrogens is 292 g/mol. The molecule has 112 valence electrons. The summed E-state index contributed by atoms with van der Waals surface area (Å²) in [6, 6.07) is 3.91. The Labute approximate surface area is 126 Å². The zero-order chi connectivity index (χ0) is 14.7. The minimum atomic E-state index is -0.269. The molecule has 1 aliphatic heterocycles. The molecule has 0 saturated carbocycles. The molecule has 2 aromatic heterocycles. The molecule has 0 N–H and O–H groups in total. The molecule has 7 nitrogen and oxygen atoms in total. The number of aromatic nitrogens is 2. The van der Waals surface area contributed by atoms with Gasteiger partial charge >= 0.3 is 6.09 Å². The molecule has 0 bridgehead atoms. The van der Waals surface area contributed by atoms with Gasteiger partial charge in [0, 0.05) is 26.2 Å². The summed E-state index contributed by atoms with van der Waals surface area (Å²) in [6.07, 6.45) is -0.269. The first-order valence-electron chi connectivity index (χ1n) is 6.68. The monoisotopic (exact) mass is 308 g/mol. The summed E-state index contributed by atoms with van der Waals surface area (Å²) in [7, 11) is 1.40. The Morgan fingerprint density at radius 2 is 2.24 bits per heavy atom. The Hall–Kier alpha value is -1.93. The fourth-order valence-electron chi connectivity index (χ4n) is 2.24. The number of piperazine rings is 1. The summed E-state index contributed by atoms with van der Waals surface area (Å²) in [5.41, 5.74) is 0. The molecule has 3 heterocycles. The molecule has 0 aromatic carbocycles. The summed E-state index contributed by atoms with van der Waals surface area (Å²) >= 11 is 1.57. The van der Waals surface area contributed by atoms with E-state index < -0.39 is 0 Å². The van der Waals surface area contributed by atoms with Gasteiger partial charge in [0.25, 0.3) is 5.89 Å². The van der Waals surface area contributed by atoms with Crippen LogP contribution in [0, 0.1) is 0 Å². The Kier molecular flexibility index (Phi) is 4.16. The number of hydrogen-bond acceptors (Lipinski definition) is 7. The highest BCUT2D eigenvalue weighted by molar-refractivity contribution is 7.13. The molecule has 1 amide bonds. The first-order valence-corrected chi connectivity index (χ1v) is 7.56. The van der Waals surface area contributed by atoms with Gasteiger partial charge in [-0.25, -0.2) is 4.79 Å². The van der Waals surface area contributed by atoms with Crippen molar-refractivity contribution in [2.45, 2.75) is 6.54 Å². The average molecular weight is 308 g/mol. The highest BCUT2D eigenvalue weighted by Crippen LogP contribution is 2.22. The molecule has 0 spiro atoms. The van der Waals surface area contributed by atoms with Gasteiger partial charge in [0.1, 0.15) is 0 Å². The zero-order valence-electron chi connectivity index (χ0n) is 11.7. The van der Waals surface area contributed by atoms with Crippen molar-refractivity contribution in [2.24, 2.45) is 0 Å². The lowest BCUT2D eigenvalue weighted by atomic mass is 10.3. The Morgan fingerprint density at radius 1 is 1.43 bits per heavy atom. The second-order valence-electron chi connectivity index (χ2n) is 4.73. The van der Waals surface area contributed by atoms with E-state index in [1.165, 1.54) is 7.11 Å². The third-order valence-electron chi connectivity index (χ3n) is 3.37. The molecule has 8 heteroatoms. The van der Waals surface area contributed by atoms with Gasteiger partial charge in [-0.3, -0.25) is 4.90 Å². The van der Waals surface area contributed by atoms with E-state index in [9.17, 15) is 4.79 Å². The lowest BCUT2D eigenvalue weighted by molar-refractivity contribution is 0.0878. The predicted octanol–water partition coefficient (Wildman–Crippen LogP) is 1.68. The van der Waals surface area contributed by atoms with Crippen LogP contribution in [0.15, 0.2) is 22.0 Å². The number of thiophene rings is 1. The van der Waals surface area contributed by atoms with Crippen LogP contribution in [-0.2, 0) is 11.3 Å². The molecule has 1 aliphatic rings. The predicted molar refractivity (Wildman–Crippen MR) is 76.9 cm³/mol. The Balaban J connectivity index is 1.55. The molecule has 0 unspecified atom stereocenters. The van der Waals surface area contributed by atoms with Crippen molar-refractivity contribution >= 4 is 17.4 Å². The number of methoxy groups -OCH3 is 1. The van der Waals surface area contributed by atoms with E-state index in [1.807, 2.05) is 17.5 Å². The van der Waals surface area contributed by atoms with Crippen LogP contribution in [0.25, 0.3) is 10.8 Å². The van der Waals surface area contributed by atoms with Crippen LogP contribution in [0.2, 0.25) is 0 Å². The van der Waals surface area contributed by atoms with Crippen molar-refractivity contribution < 1.29 is 14.1 Å². The van der Waals surface area contributed by atoms with Crippen molar-refractivity contribution in [1.82, 2.24) is 19.9 Å². The lowest BCUT2D eigenvalue weighted by Crippen LogP contribution is -2.48. The van der Waals surface area contributed by atoms with Gasteiger partial charge < -0.3 is 14.2 Å². The van der Waals surface area contributed by atoms with Crippen molar-refractivity contribution in [3.63, 3.8) is 0 Å². The average Bonchev–Trinajstić information content (AvgIpc) is 3.18. The maximum Gasteiger partial charge on any atom is 0.409 e. The van der Waals surface area contributed by atoms with E-state index in [2.05, 4.69) is 15.0 Å². The van der Waals surface area contributed by atoms with E-state index >= 15 is 0 Å². The number of rotatable bonds is 3. The van der Waals surface area contributed by atoms with Crippen molar-refractivity contribution in [3.05, 3.63) is 23.3 Å². The number of carbonyl (C=O) groups excluding carboxylic acids is 1. The standard InChI is InChI=1S/C13H16N4O3S/c1-19-13(18)17-6-4-16(5-7-17)9-11-14-12(20-15-11)10-3-2-8-21-10/h2-3,8H,4-7,9H2,1H3. The van der Waals surface area contributed by atoms with Gasteiger partial charge in [-0.2, -0.15) is 4.98 Å². The first-order chi connectivity index (χ1) is 10.3. The van der Waals surface area contributed by atoms with Crippen LogP contribution in [0.3, 0.4) is 0 Å². The van der Waals surface area contributed by atoms with Crippen LogP contribution >= 0.6 is 11.3 Å². The summed E-state index contributed by atoms with van der Waals surface area (Å²) in [5.74, 6) is 1.23. The van der Waals surface area contributed by atoms with Crippen LogP contribution in [0.1, 0.15) is 5.82 Å². The summed E-state index contributed by atoms with van der Waals surface area (Å²) in [6.45, 7) is 3.49. The second-order valence-corrected chi connectivity index (χ2v) is 5.67. The van der Waals surface area contributed by atoms with Gasteiger partial charge in [-0.1, -0.05) is 11.2 Å². The SMILES string of the molecule is COC(=O)N1CCN(Cc2noc(-c3cccs3)n2)CC1. The Morgan fingerprint density at radius 3 is 2.90 bits per heavy atom. The van der Waals surface area contributed by atoms with E-state index in [1.54, 1.807) is 16.2 Å². The number of nitrogens with zero attached hydrogens (tertiary/aromatic N) is 4. The van der Waals surface area contributed by atoms with Gasteiger partial charge in [0.15, 0.2) is 5.82 Å². The fourth-order valence-corrected chi connectivity index (χ4v) is 2.88. The number of hydrogen-bond donors (Lipinski definition) is 0. The van der Waals surface area contributed by atoms with Crippen molar-refractivity contribution in [3.8, 4) is 10.8 Å². The minimum Gasteiger partial charge on any atom is -0.453 e. The molecule has 0 aliphatic carbocycles. The summed E-state index contributed by atoms with van der Waals surface area (Å²) in [5, 5.41) is 5.99. The molecule has 3 rings (SSSR count). The largest absolute Gasteiger partial charge is 0.453 e. The number of carbonyl (C=O) groups is 1. The summed E-state index contributed by atoms with van der Waals surface area (Å²) < 4.78 is 9.98. The van der Waals surface area contributed by atoms with Gasteiger partial charge in [-0.05, 0) is 11.4 Å². The van der Waals surface area contributed by atoms with E-state index in [-0.39, 0.29) is 6.09 Å². The third kappa shape index (κ3) is 3.22. The Bertz CT molecular complexity index is 590. The molecule has 0 radical (unpaired) electrons. The van der Waals surface area contributed by atoms with Crippen LogP contribution < -0.4 is 0 Å². The van der Waals surface area contributed by atoms with Gasteiger partial charge in [0.05, 0.1) is 18.5 Å². The third-order valence-corrected chi connectivity index (χ3v) is 4.23. The molecular formula is C13H16N4O3S. The second kappa shape index (κ2) is 6.23. The van der Waals surface area contributed by atoms with Gasteiger partial charge in [0.2, 0.25) is 0 Å². The highest BCUT2D eigenvalue weighted by Gasteiger charge is 2.22. The van der Waals surface area contributed by atoms with Gasteiger partial charge in [-0.15, -0.1) is 11.3 Å². The lowest BCUT2D eigenvalue weighted by Gasteiger charge is -2.32. The van der Waals surface area contributed by atoms with Crippen molar-refractivity contribution in [1.29, 1.82) is 0 Å². The topological polar surface area (TPSA) is 71.7 Å². The minimum absolute atomic E-state index is 0.269. The van der Waals surface area contributed by atoms with E-state index in [4.69, 9.17) is 9.26 Å². The number of ether oxygens (including phenoxy) is 1. The molecule has 21 heavy (non-hydrogen) atoms. The molecule has 2 aromatic rings. The van der Waals surface area contributed by atoms with Crippen LogP contribution in [0.4, 0.5) is 4.79 Å². The molecule has 1 fully saturated rings. The zero-order valence-corrected chi connectivity index (χ0v) is 12.5. The summed E-state index contributed by atoms with van der Waals surface area (Å²) in [4.78, 5) is 20.7.